The summed E-state index contributed by atoms with van der Waals surface area (Å²) in [7, 11) is 0. The summed E-state index contributed by atoms with van der Waals surface area (Å²) >= 11 is 0. The van der Waals surface area contributed by atoms with Crippen LogP contribution in [0.2, 0.25) is 0 Å². The molecule has 2 N–H and O–H groups in total. The van der Waals surface area contributed by atoms with Crippen LogP contribution < -0.4 is 5.73 Å². The minimum Gasteiger partial charge on any atom is -0.330 e. The van der Waals surface area contributed by atoms with Crippen LogP contribution in [0.25, 0.3) is 0 Å². The van der Waals surface area contributed by atoms with Crippen molar-refractivity contribution in [1.82, 2.24) is 9.78 Å². The molecule has 1 fully saturated rings. The Morgan fingerprint density at radius 2 is 2.19 bits per heavy atom. The van der Waals surface area contributed by atoms with Gasteiger partial charge in [0.05, 0.1) is 6.54 Å². The maximum atomic E-state index is 6.03. The topological polar surface area (TPSA) is 43.8 Å². The van der Waals surface area contributed by atoms with Crippen molar-refractivity contribution in [2.24, 2.45) is 5.73 Å². The Balaban J connectivity index is 2.31. The molecule has 2 rings (SSSR count). The van der Waals surface area contributed by atoms with Crippen LogP contribution >= 0.6 is 0 Å². The van der Waals surface area contributed by atoms with E-state index < -0.39 is 0 Å². The summed E-state index contributed by atoms with van der Waals surface area (Å²) in [6, 6.07) is 2.13. The lowest BCUT2D eigenvalue weighted by atomic mass is 9.72. The van der Waals surface area contributed by atoms with Gasteiger partial charge in [-0.3, -0.25) is 4.68 Å². The van der Waals surface area contributed by atoms with Crippen molar-refractivity contribution in [2.75, 3.05) is 6.54 Å². The van der Waals surface area contributed by atoms with Gasteiger partial charge in [0.25, 0.3) is 0 Å². The van der Waals surface area contributed by atoms with Crippen molar-refractivity contribution < 1.29 is 0 Å². The largest absolute Gasteiger partial charge is 0.330 e. The van der Waals surface area contributed by atoms with Crippen LogP contribution in [0.15, 0.2) is 24.9 Å². The zero-order valence-electron chi connectivity index (χ0n) is 9.86. The van der Waals surface area contributed by atoms with Crippen LogP contribution in [0.3, 0.4) is 0 Å². The lowest BCUT2D eigenvalue weighted by Crippen LogP contribution is -2.39. The van der Waals surface area contributed by atoms with Crippen LogP contribution in [0.1, 0.15) is 37.8 Å². The first kappa shape index (κ1) is 11.4. The normalized spacial score (nSPS) is 19.6. The maximum absolute atomic E-state index is 6.03. The molecule has 0 amide bonds. The van der Waals surface area contributed by atoms with E-state index in [1.165, 1.54) is 37.8 Å². The van der Waals surface area contributed by atoms with Crippen molar-refractivity contribution in [3.05, 3.63) is 30.6 Å². The van der Waals surface area contributed by atoms with E-state index in [0.717, 1.165) is 13.1 Å². The van der Waals surface area contributed by atoms with Crippen LogP contribution in [0, 0.1) is 0 Å². The van der Waals surface area contributed by atoms with Gasteiger partial charge in [-0.2, -0.15) is 5.10 Å². The fraction of sp³-hybridized carbons (Fsp3) is 0.615. The van der Waals surface area contributed by atoms with E-state index in [0.29, 0.717) is 0 Å². The number of nitrogens with zero attached hydrogens (tertiary/aromatic N) is 2. The molecule has 0 unspecified atom stereocenters. The van der Waals surface area contributed by atoms with Gasteiger partial charge < -0.3 is 5.73 Å². The smallest absolute Gasteiger partial charge is 0.0590 e. The molecule has 0 spiro atoms. The van der Waals surface area contributed by atoms with Crippen molar-refractivity contribution in [3.8, 4) is 0 Å². The molecule has 1 heterocycles. The number of rotatable bonds is 4. The van der Waals surface area contributed by atoms with Gasteiger partial charge in [-0.05, 0) is 18.9 Å². The Hall–Kier alpha value is -1.09. The van der Waals surface area contributed by atoms with Crippen LogP contribution in [0.5, 0.6) is 0 Å². The summed E-state index contributed by atoms with van der Waals surface area (Å²) in [5, 5.41) is 4.36. The van der Waals surface area contributed by atoms with E-state index in [2.05, 4.69) is 17.7 Å². The molecule has 0 radical (unpaired) electrons. The minimum atomic E-state index is 0.164. The van der Waals surface area contributed by atoms with E-state index in [-0.39, 0.29) is 5.41 Å². The van der Waals surface area contributed by atoms with Gasteiger partial charge in [0.2, 0.25) is 0 Å². The Labute approximate surface area is 97.3 Å². The van der Waals surface area contributed by atoms with E-state index >= 15 is 0 Å². The predicted octanol–water partition coefficient (Wildman–Crippen LogP) is 2.23. The summed E-state index contributed by atoms with van der Waals surface area (Å²) in [5.74, 6) is 0. The zero-order chi connectivity index (χ0) is 11.4. The standard InChI is InChI=1S/C13H21N3/c1-2-10-16-12(6-9-15-16)13(11-14)7-4-3-5-8-13/h2,6,9H,1,3-5,7-8,10-11,14H2. The van der Waals surface area contributed by atoms with Gasteiger partial charge >= 0.3 is 0 Å². The Bertz CT molecular complexity index is 348. The lowest BCUT2D eigenvalue weighted by molar-refractivity contribution is 0.282. The van der Waals surface area contributed by atoms with Crippen molar-refractivity contribution in [3.63, 3.8) is 0 Å². The molecular formula is C13H21N3. The molecule has 1 saturated carbocycles. The van der Waals surface area contributed by atoms with Gasteiger partial charge in [-0.25, -0.2) is 0 Å². The minimum absolute atomic E-state index is 0.164. The molecule has 0 bridgehead atoms. The molecule has 0 aliphatic heterocycles. The van der Waals surface area contributed by atoms with Crippen molar-refractivity contribution in [2.45, 2.75) is 44.1 Å². The predicted molar refractivity (Wildman–Crippen MR) is 66.2 cm³/mol. The van der Waals surface area contributed by atoms with E-state index in [4.69, 9.17) is 5.73 Å². The monoisotopic (exact) mass is 219 g/mol. The van der Waals surface area contributed by atoms with E-state index in [9.17, 15) is 0 Å². The molecule has 16 heavy (non-hydrogen) atoms. The van der Waals surface area contributed by atoms with Gasteiger partial charge in [-0.1, -0.05) is 25.3 Å². The molecule has 1 aliphatic carbocycles. The number of hydrogen-bond donors (Lipinski definition) is 1. The van der Waals surface area contributed by atoms with Gasteiger partial charge in [0, 0.05) is 23.9 Å². The third kappa shape index (κ3) is 1.92. The SMILES string of the molecule is C=CCn1nccc1C1(CN)CCCCC1. The zero-order valence-corrected chi connectivity index (χ0v) is 9.86. The number of allylic oxidation sites excluding steroid dienone is 1. The number of nitrogens with two attached hydrogens (primary N) is 1. The first-order valence-corrected chi connectivity index (χ1v) is 6.16. The first-order valence-electron chi connectivity index (χ1n) is 6.16. The molecule has 0 saturated heterocycles. The van der Waals surface area contributed by atoms with Gasteiger partial charge in [0.1, 0.15) is 0 Å². The van der Waals surface area contributed by atoms with Crippen molar-refractivity contribution >= 4 is 0 Å². The molecule has 1 aromatic rings. The molecule has 0 aromatic carbocycles. The second kappa shape index (κ2) is 4.83. The first-order chi connectivity index (χ1) is 7.82. The highest BCUT2D eigenvalue weighted by molar-refractivity contribution is 5.18. The highest BCUT2D eigenvalue weighted by Crippen LogP contribution is 2.38. The third-order valence-electron chi connectivity index (χ3n) is 3.76. The van der Waals surface area contributed by atoms with Crippen molar-refractivity contribution in [1.29, 1.82) is 0 Å². The summed E-state index contributed by atoms with van der Waals surface area (Å²) in [5.41, 5.74) is 7.49. The number of aromatic nitrogens is 2. The molecule has 88 valence electrons. The Kier molecular flexibility index (Phi) is 3.44. The second-order valence-electron chi connectivity index (χ2n) is 4.73. The summed E-state index contributed by atoms with van der Waals surface area (Å²) in [6.45, 7) is 5.29. The average molecular weight is 219 g/mol. The Morgan fingerprint density at radius 3 is 2.81 bits per heavy atom. The molecular weight excluding hydrogens is 198 g/mol. The highest BCUT2D eigenvalue weighted by atomic mass is 15.3. The molecule has 3 heteroatoms. The third-order valence-corrected chi connectivity index (χ3v) is 3.76. The maximum Gasteiger partial charge on any atom is 0.0590 e. The van der Waals surface area contributed by atoms with Crippen LogP contribution in [0.4, 0.5) is 0 Å². The fourth-order valence-corrected chi connectivity index (χ4v) is 2.84. The van der Waals surface area contributed by atoms with E-state index in [1.54, 1.807) is 0 Å². The average Bonchev–Trinajstić information content (AvgIpc) is 2.79. The molecule has 1 aromatic heterocycles. The lowest BCUT2D eigenvalue weighted by Gasteiger charge is -2.36. The molecule has 0 atom stereocenters. The fourth-order valence-electron chi connectivity index (χ4n) is 2.84. The van der Waals surface area contributed by atoms with Gasteiger partial charge in [0.15, 0.2) is 0 Å². The van der Waals surface area contributed by atoms with E-state index in [1.807, 2.05) is 17.0 Å². The quantitative estimate of drug-likeness (QED) is 0.789. The van der Waals surface area contributed by atoms with Gasteiger partial charge in [-0.15, -0.1) is 6.58 Å². The summed E-state index contributed by atoms with van der Waals surface area (Å²) < 4.78 is 2.05. The highest BCUT2D eigenvalue weighted by Gasteiger charge is 2.34. The molecule has 3 nitrogen and oxygen atoms in total. The summed E-state index contributed by atoms with van der Waals surface area (Å²) in [6.07, 6.45) is 10.1. The summed E-state index contributed by atoms with van der Waals surface area (Å²) in [4.78, 5) is 0. The Morgan fingerprint density at radius 1 is 1.44 bits per heavy atom. The molecule has 1 aliphatic rings. The van der Waals surface area contributed by atoms with Crippen LogP contribution in [-0.2, 0) is 12.0 Å². The van der Waals surface area contributed by atoms with Crippen LogP contribution in [-0.4, -0.2) is 16.3 Å². The second-order valence-corrected chi connectivity index (χ2v) is 4.73. The number of hydrogen-bond acceptors (Lipinski definition) is 2.